The van der Waals surface area contributed by atoms with Crippen LogP contribution >= 0.6 is 0 Å². The zero-order valence-electron chi connectivity index (χ0n) is 23.6. The van der Waals surface area contributed by atoms with E-state index in [-0.39, 0.29) is 23.4 Å². The Kier molecular flexibility index (Phi) is 7.39. The van der Waals surface area contributed by atoms with Crippen LogP contribution in [0.15, 0.2) is 60.7 Å². The lowest BCUT2D eigenvalue weighted by Gasteiger charge is -2.71. The van der Waals surface area contributed by atoms with Gasteiger partial charge in [-0.25, -0.2) is 0 Å². The van der Waals surface area contributed by atoms with E-state index in [9.17, 15) is 4.79 Å². The third kappa shape index (κ3) is 4.52. The summed E-state index contributed by atoms with van der Waals surface area (Å²) in [7, 11) is 0. The molecule has 204 valence electrons. The number of nitrogens with one attached hydrogen (secondary N) is 1. The van der Waals surface area contributed by atoms with E-state index in [1.54, 1.807) is 0 Å². The zero-order valence-corrected chi connectivity index (χ0v) is 23.6. The van der Waals surface area contributed by atoms with E-state index in [1.165, 1.54) is 61.6 Å². The van der Waals surface area contributed by atoms with Gasteiger partial charge >= 0.3 is 0 Å². The lowest BCUT2D eigenvalue weighted by Crippen LogP contribution is -2.81. The Balaban J connectivity index is 1.25. The van der Waals surface area contributed by atoms with Crippen molar-refractivity contribution in [2.75, 3.05) is 13.1 Å². The van der Waals surface area contributed by atoms with Crippen molar-refractivity contribution in [3.05, 3.63) is 71.8 Å². The largest absolute Gasteiger partial charge is 0.353 e. The summed E-state index contributed by atoms with van der Waals surface area (Å²) in [5.41, 5.74) is 4.29. The molecule has 1 aromatic carbocycles. The lowest BCUT2D eigenvalue weighted by molar-refractivity contribution is -0.207. The molecule has 1 aromatic rings. The van der Waals surface area contributed by atoms with Crippen LogP contribution in [-0.2, 0) is 4.79 Å². The highest BCUT2D eigenvalue weighted by molar-refractivity contribution is 5.81. The van der Waals surface area contributed by atoms with Gasteiger partial charge in [-0.3, -0.25) is 14.6 Å². The maximum absolute atomic E-state index is 13.1. The van der Waals surface area contributed by atoms with Gasteiger partial charge in [-0.2, -0.15) is 0 Å². The Morgan fingerprint density at radius 1 is 1.16 bits per heavy atom. The molecule has 5 aliphatic rings. The molecule has 0 aromatic heterocycles. The number of allylic oxidation sites excluding steroid dienone is 1. The normalized spacial score (nSPS) is 34.5. The Morgan fingerprint density at radius 2 is 2.00 bits per heavy atom. The molecule has 3 aliphatic carbocycles. The topological polar surface area (TPSA) is 35.6 Å². The SMILES string of the molecule is C=CCN1C2CCC2C1(C)C1CCCN1C(C1=CCC(C(=O)NC2CCCCC2)C=C1)c1cccc(C)c1. The smallest absolute Gasteiger partial charge is 0.227 e. The summed E-state index contributed by atoms with van der Waals surface area (Å²) in [4.78, 5) is 18.7. The number of carbonyl (C=O) groups is 1. The number of nitrogens with zero attached hydrogens (tertiary/aromatic N) is 2. The van der Waals surface area contributed by atoms with Crippen LogP contribution in [0.25, 0.3) is 0 Å². The number of aryl methyl sites for hydroxylation is 1. The maximum atomic E-state index is 13.1. The molecule has 6 unspecified atom stereocenters. The number of hydrogen-bond donors (Lipinski definition) is 1. The number of likely N-dealkylation sites (tertiary alicyclic amines) is 2. The second-order valence-corrected chi connectivity index (χ2v) is 12.9. The third-order valence-electron chi connectivity index (χ3n) is 10.7. The van der Waals surface area contributed by atoms with E-state index < -0.39 is 0 Å². The second kappa shape index (κ2) is 10.8. The van der Waals surface area contributed by atoms with Crippen molar-refractivity contribution in [1.82, 2.24) is 15.1 Å². The zero-order chi connectivity index (χ0) is 26.3. The van der Waals surface area contributed by atoms with Gasteiger partial charge < -0.3 is 5.32 Å². The summed E-state index contributed by atoms with van der Waals surface area (Å²) in [6.45, 7) is 11.0. The summed E-state index contributed by atoms with van der Waals surface area (Å²) < 4.78 is 0. The van der Waals surface area contributed by atoms with Gasteiger partial charge in [0, 0.05) is 30.2 Å². The first kappa shape index (κ1) is 26.1. The molecule has 0 radical (unpaired) electrons. The van der Waals surface area contributed by atoms with E-state index in [4.69, 9.17) is 0 Å². The predicted molar refractivity (Wildman–Crippen MR) is 156 cm³/mol. The van der Waals surface area contributed by atoms with Gasteiger partial charge in [0.15, 0.2) is 0 Å². The predicted octanol–water partition coefficient (Wildman–Crippen LogP) is 6.49. The number of amides is 1. The highest BCUT2D eigenvalue weighted by Crippen LogP contribution is 2.58. The Bertz CT molecular complexity index is 1100. The maximum Gasteiger partial charge on any atom is 0.227 e. The van der Waals surface area contributed by atoms with Gasteiger partial charge in [0.05, 0.1) is 12.0 Å². The third-order valence-corrected chi connectivity index (χ3v) is 10.7. The standard InChI is InChI=1S/C34H47N3O/c1-4-21-37-30-20-19-29(30)34(37,3)31-14-9-22-36(31)32(27-11-8-10-24(2)23-27)25-15-17-26(18-16-25)33(38)35-28-12-6-5-7-13-28/h4,8,10-11,15-17,23,26,28-32H,1,5-7,9,12-14,18-22H2,2-3H3,(H,35,38). The molecule has 2 aliphatic heterocycles. The molecule has 6 atom stereocenters. The van der Waals surface area contributed by atoms with Crippen molar-refractivity contribution in [2.45, 2.75) is 108 Å². The number of rotatable bonds is 8. The molecule has 4 nitrogen and oxygen atoms in total. The fourth-order valence-corrected chi connectivity index (χ4v) is 8.67. The van der Waals surface area contributed by atoms with Crippen LogP contribution in [0.5, 0.6) is 0 Å². The highest BCUT2D eigenvalue weighted by Gasteiger charge is 2.65. The van der Waals surface area contributed by atoms with Crippen molar-refractivity contribution in [2.24, 2.45) is 11.8 Å². The Labute approximate surface area is 230 Å². The summed E-state index contributed by atoms with van der Waals surface area (Å²) in [6.07, 6.45) is 21.1. The van der Waals surface area contributed by atoms with Crippen LogP contribution < -0.4 is 5.32 Å². The average molecular weight is 514 g/mol. The first-order chi connectivity index (χ1) is 18.5. The van der Waals surface area contributed by atoms with Crippen LogP contribution in [0, 0.1) is 18.8 Å². The van der Waals surface area contributed by atoms with Crippen LogP contribution in [0.1, 0.15) is 88.3 Å². The molecule has 4 heteroatoms. The van der Waals surface area contributed by atoms with Gasteiger partial charge in [-0.05, 0) is 82.4 Å². The first-order valence-corrected chi connectivity index (χ1v) is 15.4. The molecule has 6 rings (SSSR count). The minimum Gasteiger partial charge on any atom is -0.353 e. The van der Waals surface area contributed by atoms with Crippen LogP contribution in [0.3, 0.4) is 0 Å². The van der Waals surface area contributed by atoms with E-state index >= 15 is 0 Å². The molecule has 2 saturated carbocycles. The van der Waals surface area contributed by atoms with Crippen molar-refractivity contribution < 1.29 is 4.79 Å². The van der Waals surface area contributed by atoms with E-state index in [2.05, 4.69) is 84.1 Å². The van der Waals surface area contributed by atoms with E-state index in [1.807, 2.05) is 0 Å². The Hall–Kier alpha value is -2.17. The van der Waals surface area contributed by atoms with Gasteiger partial charge in [-0.1, -0.05) is 73.4 Å². The minimum atomic E-state index is -0.0452. The molecule has 2 saturated heterocycles. The van der Waals surface area contributed by atoms with Gasteiger partial charge in [-0.15, -0.1) is 6.58 Å². The van der Waals surface area contributed by atoms with Crippen LogP contribution in [0.4, 0.5) is 0 Å². The Morgan fingerprint density at radius 3 is 2.68 bits per heavy atom. The number of benzene rings is 1. The number of fused-ring (bicyclic) bond motifs is 1. The molecule has 1 amide bonds. The molecule has 2 heterocycles. The fourth-order valence-electron chi connectivity index (χ4n) is 8.67. The van der Waals surface area contributed by atoms with Crippen molar-refractivity contribution in [3.63, 3.8) is 0 Å². The van der Waals surface area contributed by atoms with Gasteiger partial charge in [0.1, 0.15) is 0 Å². The summed E-state index contributed by atoms with van der Waals surface area (Å²) >= 11 is 0. The summed E-state index contributed by atoms with van der Waals surface area (Å²) in [6, 6.07) is 11.0. The number of piperidine rings is 1. The molecule has 0 bridgehead atoms. The summed E-state index contributed by atoms with van der Waals surface area (Å²) in [5.74, 6) is 0.985. The van der Waals surface area contributed by atoms with Gasteiger partial charge in [0.2, 0.25) is 5.91 Å². The molecule has 1 N–H and O–H groups in total. The number of hydrogen-bond acceptors (Lipinski definition) is 3. The average Bonchev–Trinajstić information content (AvgIpc) is 3.39. The first-order valence-electron chi connectivity index (χ1n) is 15.4. The minimum absolute atomic E-state index is 0.0452. The molecule has 4 fully saturated rings. The molecular weight excluding hydrogens is 466 g/mol. The second-order valence-electron chi connectivity index (χ2n) is 12.9. The van der Waals surface area contributed by atoms with E-state index in [0.29, 0.717) is 12.1 Å². The monoisotopic (exact) mass is 513 g/mol. The van der Waals surface area contributed by atoms with Gasteiger partial charge in [0.25, 0.3) is 0 Å². The molecule has 0 spiro atoms. The lowest BCUT2D eigenvalue weighted by atomic mass is 9.54. The van der Waals surface area contributed by atoms with E-state index in [0.717, 1.165) is 44.3 Å². The van der Waals surface area contributed by atoms with Crippen molar-refractivity contribution >= 4 is 5.91 Å². The van der Waals surface area contributed by atoms with Crippen molar-refractivity contribution in [1.29, 1.82) is 0 Å². The summed E-state index contributed by atoms with van der Waals surface area (Å²) in [5, 5.41) is 3.36. The van der Waals surface area contributed by atoms with Crippen molar-refractivity contribution in [3.8, 4) is 0 Å². The number of carbonyl (C=O) groups excluding carboxylic acids is 1. The quantitative estimate of drug-likeness (QED) is 0.404. The fraction of sp³-hybridized carbons (Fsp3) is 0.618. The van der Waals surface area contributed by atoms with Crippen LogP contribution in [-0.4, -0.2) is 52.5 Å². The molecule has 38 heavy (non-hydrogen) atoms. The van der Waals surface area contributed by atoms with Crippen LogP contribution in [0.2, 0.25) is 0 Å². The highest BCUT2D eigenvalue weighted by atomic mass is 16.1. The molecular formula is C34H47N3O.